The first-order valence-corrected chi connectivity index (χ1v) is 6.60. The lowest BCUT2D eigenvalue weighted by Crippen LogP contribution is -2.37. The lowest BCUT2D eigenvalue weighted by atomic mass is 9.70. The molecule has 0 aromatic carbocycles. The van der Waals surface area contributed by atoms with Gasteiger partial charge >= 0.3 is 0 Å². The minimum Gasteiger partial charge on any atom is -0.395 e. The van der Waals surface area contributed by atoms with Crippen LogP contribution in [0.1, 0.15) is 43.8 Å². The molecular weight excluding hydrogens is 206 g/mol. The number of aromatic nitrogens is 1. The molecule has 2 rings (SSSR count). The van der Waals surface area contributed by atoms with Gasteiger partial charge in [0.1, 0.15) is 5.01 Å². The molecule has 1 heterocycles. The van der Waals surface area contributed by atoms with Crippen molar-refractivity contribution in [2.24, 2.45) is 5.92 Å². The number of aliphatic hydroxyl groups is 1. The molecule has 1 aromatic rings. The summed E-state index contributed by atoms with van der Waals surface area (Å²) < 4.78 is 0. The van der Waals surface area contributed by atoms with E-state index < -0.39 is 0 Å². The van der Waals surface area contributed by atoms with E-state index in [0.717, 1.165) is 24.3 Å². The molecule has 3 heteroatoms. The van der Waals surface area contributed by atoms with Gasteiger partial charge in [-0.05, 0) is 25.2 Å². The van der Waals surface area contributed by atoms with E-state index in [4.69, 9.17) is 0 Å². The summed E-state index contributed by atoms with van der Waals surface area (Å²) in [6, 6.07) is 0. The van der Waals surface area contributed by atoms with E-state index in [1.165, 1.54) is 12.1 Å². The van der Waals surface area contributed by atoms with Crippen molar-refractivity contribution in [2.45, 2.75) is 44.9 Å². The van der Waals surface area contributed by atoms with Crippen LogP contribution in [-0.2, 0) is 11.8 Å². The monoisotopic (exact) mass is 225 g/mol. The third-order valence-electron chi connectivity index (χ3n) is 3.24. The molecular formula is C12H19NOS. The van der Waals surface area contributed by atoms with E-state index in [-0.39, 0.29) is 12.0 Å². The number of rotatable bonds is 4. The molecule has 0 saturated heterocycles. The molecule has 84 valence electrons. The first-order chi connectivity index (χ1) is 7.16. The highest BCUT2D eigenvalue weighted by Gasteiger charge is 2.40. The average molecular weight is 225 g/mol. The Labute approximate surface area is 95.4 Å². The van der Waals surface area contributed by atoms with Crippen molar-refractivity contribution in [1.29, 1.82) is 0 Å². The highest BCUT2D eigenvalue weighted by Crippen LogP contribution is 2.44. The van der Waals surface area contributed by atoms with Gasteiger partial charge < -0.3 is 5.11 Å². The van der Waals surface area contributed by atoms with Gasteiger partial charge in [0, 0.05) is 10.8 Å². The van der Waals surface area contributed by atoms with Gasteiger partial charge in [-0.3, -0.25) is 0 Å². The van der Waals surface area contributed by atoms with Crippen molar-refractivity contribution in [3.05, 3.63) is 16.1 Å². The molecule has 1 N–H and O–H groups in total. The van der Waals surface area contributed by atoms with Crippen LogP contribution < -0.4 is 0 Å². The van der Waals surface area contributed by atoms with Crippen LogP contribution in [0.2, 0.25) is 0 Å². The summed E-state index contributed by atoms with van der Waals surface area (Å²) in [6.45, 7) is 4.69. The molecule has 1 aliphatic rings. The first-order valence-electron chi connectivity index (χ1n) is 5.72. The Morgan fingerprint density at radius 2 is 2.27 bits per heavy atom. The predicted octanol–water partition coefficient (Wildman–Crippen LogP) is 2.76. The van der Waals surface area contributed by atoms with Crippen molar-refractivity contribution >= 4 is 11.3 Å². The summed E-state index contributed by atoms with van der Waals surface area (Å²) in [6.07, 6.45) is 4.51. The maximum Gasteiger partial charge on any atom is 0.101 e. The molecule has 15 heavy (non-hydrogen) atoms. The Morgan fingerprint density at radius 1 is 1.53 bits per heavy atom. The van der Waals surface area contributed by atoms with Gasteiger partial charge in [-0.1, -0.05) is 20.3 Å². The molecule has 1 saturated carbocycles. The second kappa shape index (κ2) is 4.22. The Bertz CT molecular complexity index is 323. The van der Waals surface area contributed by atoms with Crippen LogP contribution >= 0.6 is 11.3 Å². The van der Waals surface area contributed by atoms with E-state index in [9.17, 15) is 5.11 Å². The molecule has 0 aliphatic heterocycles. The molecule has 0 bridgehead atoms. The second-order valence-electron chi connectivity index (χ2n) is 5.03. The maximum atomic E-state index is 9.45. The van der Waals surface area contributed by atoms with E-state index in [0.29, 0.717) is 5.92 Å². The number of hydrogen-bond donors (Lipinski definition) is 1. The quantitative estimate of drug-likeness (QED) is 0.854. The minimum atomic E-state index is 0.0277. The number of nitrogens with zero attached hydrogens (tertiary/aromatic N) is 1. The number of hydrogen-bond acceptors (Lipinski definition) is 3. The molecule has 1 aliphatic carbocycles. The highest BCUT2D eigenvalue weighted by atomic mass is 32.1. The smallest absolute Gasteiger partial charge is 0.101 e. The highest BCUT2D eigenvalue weighted by molar-refractivity contribution is 7.09. The Kier molecular flexibility index (Phi) is 3.12. The number of thiazole rings is 1. The van der Waals surface area contributed by atoms with E-state index in [2.05, 4.69) is 24.2 Å². The molecule has 2 nitrogen and oxygen atoms in total. The van der Waals surface area contributed by atoms with Gasteiger partial charge in [0.25, 0.3) is 0 Å². The van der Waals surface area contributed by atoms with Crippen LogP contribution in [0.15, 0.2) is 5.38 Å². The lowest BCUT2D eigenvalue weighted by molar-refractivity contribution is 0.120. The average Bonchev–Trinajstić information content (AvgIpc) is 2.51. The van der Waals surface area contributed by atoms with Crippen LogP contribution in [-0.4, -0.2) is 16.7 Å². The molecule has 1 aromatic heterocycles. The van der Waals surface area contributed by atoms with Crippen molar-refractivity contribution < 1.29 is 5.11 Å². The standard InChI is InChI=1S/C12H19NOS/c1-9(2)6-10-7-15-11(13-10)12(8-14)4-3-5-12/h7,9,14H,3-6,8H2,1-2H3. The zero-order valence-electron chi connectivity index (χ0n) is 9.49. The summed E-state index contributed by atoms with van der Waals surface area (Å²) in [5.74, 6) is 0.659. The SMILES string of the molecule is CC(C)Cc1csc(C2(CO)CCC2)n1. The molecule has 0 unspecified atom stereocenters. The first kappa shape index (κ1) is 11.1. The Morgan fingerprint density at radius 3 is 2.73 bits per heavy atom. The van der Waals surface area contributed by atoms with Crippen molar-refractivity contribution in [2.75, 3.05) is 6.61 Å². The fraction of sp³-hybridized carbons (Fsp3) is 0.750. The Hall–Kier alpha value is -0.410. The largest absolute Gasteiger partial charge is 0.395 e. The summed E-state index contributed by atoms with van der Waals surface area (Å²) in [5.41, 5.74) is 1.23. The van der Waals surface area contributed by atoms with E-state index in [1.54, 1.807) is 11.3 Å². The van der Waals surface area contributed by atoms with Gasteiger partial charge in [0.15, 0.2) is 0 Å². The van der Waals surface area contributed by atoms with Gasteiger partial charge in [-0.25, -0.2) is 4.98 Å². The topological polar surface area (TPSA) is 33.1 Å². The van der Waals surface area contributed by atoms with Crippen LogP contribution in [0.5, 0.6) is 0 Å². The van der Waals surface area contributed by atoms with Crippen LogP contribution in [0, 0.1) is 5.92 Å². The molecule has 0 radical (unpaired) electrons. The van der Waals surface area contributed by atoms with Crippen LogP contribution in [0.3, 0.4) is 0 Å². The maximum absolute atomic E-state index is 9.45. The zero-order chi connectivity index (χ0) is 10.9. The van der Waals surface area contributed by atoms with Gasteiger partial charge in [-0.15, -0.1) is 11.3 Å². The van der Waals surface area contributed by atoms with E-state index >= 15 is 0 Å². The van der Waals surface area contributed by atoms with Crippen LogP contribution in [0.4, 0.5) is 0 Å². The molecule has 0 spiro atoms. The third kappa shape index (κ3) is 2.08. The van der Waals surface area contributed by atoms with Gasteiger partial charge in [0.2, 0.25) is 0 Å². The second-order valence-corrected chi connectivity index (χ2v) is 5.89. The van der Waals surface area contributed by atoms with Gasteiger partial charge in [-0.2, -0.15) is 0 Å². The Balaban J connectivity index is 2.12. The van der Waals surface area contributed by atoms with Crippen molar-refractivity contribution in [1.82, 2.24) is 4.98 Å². The van der Waals surface area contributed by atoms with E-state index in [1.807, 2.05) is 0 Å². The minimum absolute atomic E-state index is 0.0277. The van der Waals surface area contributed by atoms with Crippen LogP contribution in [0.25, 0.3) is 0 Å². The summed E-state index contributed by atoms with van der Waals surface area (Å²) in [5, 5.41) is 12.8. The molecule has 0 atom stereocenters. The fourth-order valence-corrected chi connectivity index (χ4v) is 3.19. The van der Waals surface area contributed by atoms with Gasteiger partial charge in [0.05, 0.1) is 12.3 Å². The third-order valence-corrected chi connectivity index (χ3v) is 4.37. The molecule has 1 fully saturated rings. The fourth-order valence-electron chi connectivity index (χ4n) is 2.11. The summed E-state index contributed by atoms with van der Waals surface area (Å²) >= 11 is 1.73. The lowest BCUT2D eigenvalue weighted by Gasteiger charge is -2.38. The normalized spacial score (nSPS) is 19.2. The molecule has 0 amide bonds. The predicted molar refractivity (Wildman–Crippen MR) is 63.3 cm³/mol. The number of aliphatic hydroxyl groups excluding tert-OH is 1. The van der Waals surface area contributed by atoms with Crippen molar-refractivity contribution in [3.8, 4) is 0 Å². The summed E-state index contributed by atoms with van der Waals surface area (Å²) in [7, 11) is 0. The summed E-state index contributed by atoms with van der Waals surface area (Å²) in [4.78, 5) is 4.67. The van der Waals surface area contributed by atoms with Crippen molar-refractivity contribution in [3.63, 3.8) is 0 Å². The zero-order valence-corrected chi connectivity index (χ0v) is 10.3.